The minimum atomic E-state index is -0.271. The van der Waals surface area contributed by atoms with Gasteiger partial charge < -0.3 is 14.8 Å². The fraction of sp³-hybridized carbons (Fsp3) is 0.120. The van der Waals surface area contributed by atoms with Crippen molar-refractivity contribution in [3.63, 3.8) is 0 Å². The summed E-state index contributed by atoms with van der Waals surface area (Å²) in [6, 6.07) is 26.3. The molecular weight excluding hydrogens is 388 g/mol. The summed E-state index contributed by atoms with van der Waals surface area (Å²) in [6.45, 7) is 0. The molecule has 0 saturated heterocycles. The zero-order valence-corrected chi connectivity index (χ0v) is 16.9. The lowest BCUT2D eigenvalue weighted by molar-refractivity contribution is 0.223. The van der Waals surface area contributed by atoms with Crippen molar-refractivity contribution in [2.24, 2.45) is 0 Å². The summed E-state index contributed by atoms with van der Waals surface area (Å²) < 4.78 is 14.0. The molecule has 3 aromatic carbocycles. The highest BCUT2D eigenvalue weighted by Crippen LogP contribution is 2.50. The summed E-state index contributed by atoms with van der Waals surface area (Å²) in [5.74, 6) is 2.35. The van der Waals surface area contributed by atoms with Gasteiger partial charge in [0.25, 0.3) is 0 Å². The predicted molar refractivity (Wildman–Crippen MR) is 118 cm³/mol. The zero-order chi connectivity index (χ0) is 20.8. The van der Waals surface area contributed by atoms with E-state index in [9.17, 15) is 0 Å². The number of methoxy groups -OCH3 is 1. The minimum Gasteiger partial charge on any atom is -0.497 e. The largest absolute Gasteiger partial charge is 0.497 e. The van der Waals surface area contributed by atoms with Gasteiger partial charge in [-0.15, -0.1) is 0 Å². The number of hydrogen-bond donors (Lipinski definition) is 1. The third-order valence-corrected chi connectivity index (χ3v) is 5.83. The van der Waals surface area contributed by atoms with E-state index < -0.39 is 0 Å². The highest BCUT2D eigenvalue weighted by Gasteiger charge is 2.40. The molecular formula is C25H20N4O2. The van der Waals surface area contributed by atoms with Crippen molar-refractivity contribution >= 4 is 11.6 Å². The maximum absolute atomic E-state index is 6.60. The number of rotatable bonds is 3. The van der Waals surface area contributed by atoms with E-state index in [0.717, 1.165) is 39.5 Å². The van der Waals surface area contributed by atoms with Gasteiger partial charge in [0.15, 0.2) is 0 Å². The Morgan fingerprint density at radius 3 is 2.61 bits per heavy atom. The molecule has 6 rings (SSSR count). The lowest BCUT2D eigenvalue weighted by Crippen LogP contribution is -2.32. The van der Waals surface area contributed by atoms with E-state index in [-0.39, 0.29) is 12.1 Å². The van der Waals surface area contributed by atoms with E-state index >= 15 is 0 Å². The monoisotopic (exact) mass is 408 g/mol. The first kappa shape index (κ1) is 17.8. The minimum absolute atomic E-state index is 0.192. The average Bonchev–Trinajstić information content (AvgIpc) is 3.31. The van der Waals surface area contributed by atoms with Gasteiger partial charge in [-0.1, -0.05) is 54.6 Å². The Morgan fingerprint density at radius 2 is 1.74 bits per heavy atom. The standard InChI is InChI=1S/C25H20N4O2/c1-30-18-11-7-10-17(14-18)23-21-22(28-25-26-15-27-29(23)25)19-12-5-6-13-20(19)31-24(21)16-8-3-2-4-9-16/h2-15,23-24H,1H3,(H,26,27,28)/t23-,24-/m1/s1. The maximum Gasteiger partial charge on any atom is 0.226 e. The molecule has 6 nitrogen and oxygen atoms in total. The summed E-state index contributed by atoms with van der Waals surface area (Å²) >= 11 is 0. The van der Waals surface area contributed by atoms with Crippen molar-refractivity contribution in [1.82, 2.24) is 14.8 Å². The topological polar surface area (TPSA) is 61.2 Å². The van der Waals surface area contributed by atoms with Crippen LogP contribution in [0.3, 0.4) is 0 Å². The molecule has 1 N–H and O–H groups in total. The second-order valence-corrected chi connectivity index (χ2v) is 7.57. The number of aromatic nitrogens is 3. The predicted octanol–water partition coefficient (Wildman–Crippen LogP) is 4.85. The van der Waals surface area contributed by atoms with Gasteiger partial charge in [-0.25, -0.2) is 4.68 Å². The first-order valence-corrected chi connectivity index (χ1v) is 10.2. The first-order valence-electron chi connectivity index (χ1n) is 10.2. The highest BCUT2D eigenvalue weighted by atomic mass is 16.5. The van der Waals surface area contributed by atoms with Crippen molar-refractivity contribution in [2.75, 3.05) is 12.4 Å². The van der Waals surface area contributed by atoms with Crippen LogP contribution in [-0.2, 0) is 0 Å². The number of hydrogen-bond acceptors (Lipinski definition) is 5. The van der Waals surface area contributed by atoms with Crippen LogP contribution >= 0.6 is 0 Å². The molecule has 0 amide bonds. The molecule has 2 aliphatic rings. The molecule has 3 heterocycles. The number of fused-ring (bicyclic) bond motifs is 3. The zero-order valence-electron chi connectivity index (χ0n) is 16.9. The van der Waals surface area contributed by atoms with Gasteiger partial charge in [-0.05, 0) is 35.4 Å². The van der Waals surface area contributed by atoms with Crippen LogP contribution < -0.4 is 14.8 Å². The molecule has 0 aliphatic carbocycles. The van der Waals surface area contributed by atoms with Crippen LogP contribution in [0.4, 0.5) is 5.95 Å². The van der Waals surface area contributed by atoms with E-state index in [1.165, 1.54) is 0 Å². The molecule has 152 valence electrons. The molecule has 0 bridgehead atoms. The SMILES string of the molecule is COc1cccc([C@@H]2C3=C(Nc4ncnn42)c2ccccc2O[C@@H]3c2ccccc2)c1. The van der Waals surface area contributed by atoms with Gasteiger partial charge in [-0.2, -0.15) is 10.1 Å². The molecule has 31 heavy (non-hydrogen) atoms. The molecule has 0 radical (unpaired) electrons. The number of ether oxygens (including phenoxy) is 2. The Morgan fingerprint density at radius 1 is 0.935 bits per heavy atom. The Kier molecular flexibility index (Phi) is 4.02. The Labute approximate surface area is 179 Å². The van der Waals surface area contributed by atoms with E-state index in [1.54, 1.807) is 13.4 Å². The molecule has 2 atom stereocenters. The van der Waals surface area contributed by atoms with Crippen LogP contribution in [0.5, 0.6) is 11.5 Å². The van der Waals surface area contributed by atoms with Crippen LogP contribution in [0.25, 0.3) is 5.70 Å². The van der Waals surface area contributed by atoms with Crippen molar-refractivity contribution in [2.45, 2.75) is 12.1 Å². The van der Waals surface area contributed by atoms with Crippen LogP contribution in [0.2, 0.25) is 0 Å². The molecule has 4 aromatic rings. The Balaban J connectivity index is 1.63. The first-order chi connectivity index (χ1) is 15.3. The molecule has 6 heteroatoms. The maximum atomic E-state index is 6.60. The third kappa shape index (κ3) is 2.79. The summed E-state index contributed by atoms with van der Waals surface area (Å²) in [6.07, 6.45) is 1.31. The molecule has 1 aromatic heterocycles. The van der Waals surface area contributed by atoms with Gasteiger partial charge in [0.1, 0.15) is 30.0 Å². The molecule has 0 saturated carbocycles. The summed E-state index contributed by atoms with van der Waals surface area (Å²) in [7, 11) is 1.68. The van der Waals surface area contributed by atoms with Crippen molar-refractivity contribution < 1.29 is 9.47 Å². The van der Waals surface area contributed by atoms with Crippen LogP contribution in [0.1, 0.15) is 28.8 Å². The van der Waals surface area contributed by atoms with Gasteiger partial charge in [0.05, 0.1) is 12.8 Å². The van der Waals surface area contributed by atoms with E-state index in [2.05, 4.69) is 45.7 Å². The number of anilines is 1. The van der Waals surface area contributed by atoms with E-state index in [0.29, 0.717) is 5.95 Å². The lowest BCUT2D eigenvalue weighted by atomic mass is 9.84. The quantitative estimate of drug-likeness (QED) is 0.525. The fourth-order valence-electron chi connectivity index (χ4n) is 4.45. The van der Waals surface area contributed by atoms with Crippen molar-refractivity contribution in [3.05, 3.63) is 107 Å². The van der Waals surface area contributed by atoms with Gasteiger partial charge >= 0.3 is 0 Å². The normalized spacial score (nSPS) is 18.9. The highest BCUT2D eigenvalue weighted by molar-refractivity contribution is 5.85. The van der Waals surface area contributed by atoms with Crippen LogP contribution in [-0.4, -0.2) is 21.9 Å². The third-order valence-electron chi connectivity index (χ3n) is 5.83. The number of nitrogens with one attached hydrogen (secondary N) is 1. The van der Waals surface area contributed by atoms with Crippen molar-refractivity contribution in [3.8, 4) is 11.5 Å². The van der Waals surface area contributed by atoms with E-state index in [4.69, 9.17) is 9.47 Å². The summed E-state index contributed by atoms with van der Waals surface area (Å²) in [5.41, 5.74) is 5.28. The average molecular weight is 408 g/mol. The number of para-hydroxylation sites is 1. The van der Waals surface area contributed by atoms with Crippen molar-refractivity contribution in [1.29, 1.82) is 0 Å². The summed E-state index contributed by atoms with van der Waals surface area (Å²) in [5, 5.41) is 8.08. The van der Waals surface area contributed by atoms with Crippen LogP contribution in [0.15, 0.2) is 90.8 Å². The number of benzene rings is 3. The second-order valence-electron chi connectivity index (χ2n) is 7.57. The molecule has 2 aliphatic heterocycles. The second kappa shape index (κ2) is 7.02. The Bertz CT molecular complexity index is 1300. The molecule has 0 spiro atoms. The fourth-order valence-corrected chi connectivity index (χ4v) is 4.45. The number of nitrogens with zero attached hydrogens (tertiary/aromatic N) is 3. The molecule has 0 unspecified atom stereocenters. The van der Waals surface area contributed by atoms with Crippen LogP contribution in [0, 0.1) is 0 Å². The van der Waals surface area contributed by atoms with Gasteiger partial charge in [0.2, 0.25) is 5.95 Å². The lowest BCUT2D eigenvalue weighted by Gasteiger charge is -2.39. The Hall–Kier alpha value is -4.06. The summed E-state index contributed by atoms with van der Waals surface area (Å²) in [4.78, 5) is 4.47. The van der Waals surface area contributed by atoms with Gasteiger partial charge in [-0.3, -0.25) is 0 Å². The van der Waals surface area contributed by atoms with Gasteiger partial charge in [0, 0.05) is 11.1 Å². The smallest absolute Gasteiger partial charge is 0.226 e. The molecule has 0 fully saturated rings. The van der Waals surface area contributed by atoms with E-state index in [1.807, 2.05) is 53.2 Å².